The summed E-state index contributed by atoms with van der Waals surface area (Å²) in [5.74, 6) is 1.27. The van der Waals surface area contributed by atoms with Gasteiger partial charge in [0.25, 0.3) is 0 Å². The van der Waals surface area contributed by atoms with Gasteiger partial charge in [-0.3, -0.25) is 0 Å². The zero-order chi connectivity index (χ0) is 46.0. The van der Waals surface area contributed by atoms with E-state index in [2.05, 4.69) is 200 Å². The molecule has 0 spiro atoms. The number of anilines is 4. The van der Waals surface area contributed by atoms with Crippen molar-refractivity contribution in [2.75, 3.05) is 9.80 Å². The van der Waals surface area contributed by atoms with Gasteiger partial charge in [0.05, 0.1) is 6.61 Å². The third-order valence-corrected chi connectivity index (χ3v) is 12.3. The number of hydrogen-bond acceptors (Lipinski definition) is 8. The van der Waals surface area contributed by atoms with E-state index in [0.717, 1.165) is 72.8 Å². The minimum absolute atomic E-state index is 0. The first-order valence-corrected chi connectivity index (χ1v) is 22.9. The Kier molecular flexibility index (Phi) is 13.3. The Bertz CT molecular complexity index is 2860. The quantitative estimate of drug-likeness (QED) is 0.105. The molecule has 9 rings (SSSR count). The second kappa shape index (κ2) is 18.4. The fourth-order valence-electron chi connectivity index (χ4n) is 8.71. The topological polar surface area (TPSA) is 74.1 Å². The predicted molar refractivity (Wildman–Crippen MR) is 268 cm³/mol. The van der Waals surface area contributed by atoms with Crippen LogP contribution in [0.4, 0.5) is 22.7 Å². The molecule has 0 N–H and O–H groups in total. The van der Waals surface area contributed by atoms with E-state index in [1.807, 2.05) is 19.3 Å². The molecule has 13 heteroatoms. The number of ether oxygens (including phenoxy) is 1. The van der Waals surface area contributed by atoms with Gasteiger partial charge >= 0.3 is 21.4 Å². The predicted octanol–water partition coefficient (Wildman–Crippen LogP) is 12.4. The van der Waals surface area contributed by atoms with Gasteiger partial charge in [-0.05, 0) is 68.8 Å². The summed E-state index contributed by atoms with van der Waals surface area (Å²) in [4.78, 5) is 14.2. The number of aromatic nitrogens is 3. The minimum Gasteiger partial charge on any atom is -0.492 e. The van der Waals surface area contributed by atoms with Crippen LogP contribution in [0, 0.1) is 25.7 Å². The van der Waals surface area contributed by atoms with Crippen LogP contribution < -0.4 is 15.3 Å². The Morgan fingerprint density at radius 3 is 2.09 bits per heavy atom. The van der Waals surface area contributed by atoms with Gasteiger partial charge in [-0.15, -0.1) is 23.2 Å². The van der Waals surface area contributed by atoms with Crippen LogP contribution in [0.25, 0.3) is 27.6 Å². The monoisotopic (exact) mass is 1060 g/mol. The molecule has 3 aromatic heterocycles. The molecule has 5 heterocycles. The molecule has 2 aliphatic rings. The normalized spacial score (nSPS) is 14.8. The molecular weight excluding hydrogens is 998 g/mol. The first kappa shape index (κ1) is 47.8. The van der Waals surface area contributed by atoms with E-state index in [1.165, 1.54) is 10.9 Å². The van der Waals surface area contributed by atoms with Gasteiger partial charge in [0.2, 0.25) is 0 Å². The van der Waals surface area contributed by atoms with E-state index in [0.29, 0.717) is 19.1 Å². The Labute approximate surface area is 407 Å². The molecule has 1 fully saturated rings. The SMILES string of the molecule is Cc1ncc(N2[CH-]N(c3c(B4OB(C(C)(C)C)OB(C(C)(C)C)O4)cccc3C(C)(C)C)c3ccccc32)[c-]c1COCc1[c-]c2c(cc1)c1ccccc1n2-c1cc(C(C)C)ccn1.[Pt]. The van der Waals surface area contributed by atoms with Gasteiger partial charge in [-0.1, -0.05) is 155 Å². The average Bonchev–Trinajstić information content (AvgIpc) is 3.82. The second-order valence-corrected chi connectivity index (χ2v) is 21.0. The molecule has 0 unspecified atom stereocenters. The summed E-state index contributed by atoms with van der Waals surface area (Å²) in [6, 6.07) is 39.4. The van der Waals surface area contributed by atoms with E-state index in [1.54, 1.807) is 0 Å². The number of rotatable bonds is 9. The molecule has 9 nitrogen and oxygen atoms in total. The van der Waals surface area contributed by atoms with Crippen molar-refractivity contribution in [3.63, 3.8) is 0 Å². The number of aryl methyl sites for hydroxylation is 1. The number of benzene rings is 4. The van der Waals surface area contributed by atoms with Crippen molar-refractivity contribution >= 4 is 71.4 Å². The van der Waals surface area contributed by atoms with E-state index in [9.17, 15) is 0 Å². The third kappa shape index (κ3) is 9.29. The van der Waals surface area contributed by atoms with E-state index in [-0.39, 0.29) is 37.1 Å². The smallest absolute Gasteiger partial charge is 0.468 e. The fourth-order valence-corrected chi connectivity index (χ4v) is 8.71. The van der Waals surface area contributed by atoms with Crippen LogP contribution >= 0.6 is 0 Å². The molecule has 2 aliphatic heterocycles. The molecule has 0 radical (unpaired) electrons. The number of fused-ring (bicyclic) bond motifs is 4. The Balaban J connectivity index is 0.00000592. The molecule has 0 atom stereocenters. The maximum absolute atomic E-state index is 6.77. The third-order valence-electron chi connectivity index (χ3n) is 12.3. The molecule has 0 saturated carbocycles. The van der Waals surface area contributed by atoms with Crippen molar-refractivity contribution in [2.45, 2.75) is 118 Å². The van der Waals surface area contributed by atoms with E-state index < -0.39 is 21.4 Å². The molecule has 0 aliphatic carbocycles. The van der Waals surface area contributed by atoms with Gasteiger partial charge in [-0.25, -0.2) is 4.98 Å². The summed E-state index contributed by atoms with van der Waals surface area (Å²) < 4.78 is 28.7. The zero-order valence-corrected chi connectivity index (χ0v) is 42.6. The standard InChI is InChI=1S/C53H59B3N5O4.Pt/c1-35(2)38-26-27-57-49(30-38)61-45-21-14-13-18-41(45)42-25-24-37(28-48(42)61)32-62-33-39-29-40(31-58-36(39)3)59-34-60(47-23-16-15-22-46(47)59)50-43(51(4,5)6)19-17-20-44(50)54-63-55(52(7,8)9)65-56(64-54)53(10,11)12;/h13-27,30-31,34-35H,32-33H2,1-12H3;/q-3;. The molecular formula is C53H59B3N5O4Pt-3. The molecule has 0 bridgehead atoms. The van der Waals surface area contributed by atoms with E-state index >= 15 is 0 Å². The van der Waals surface area contributed by atoms with Gasteiger partial charge in [0, 0.05) is 61.9 Å². The summed E-state index contributed by atoms with van der Waals surface area (Å²) in [5.41, 5.74) is 11.8. The van der Waals surface area contributed by atoms with Gasteiger partial charge < -0.3 is 37.8 Å². The average molecular weight is 1060 g/mol. The van der Waals surface area contributed by atoms with Crippen LogP contribution in [0.5, 0.6) is 0 Å². The van der Waals surface area contributed by atoms with Crippen molar-refractivity contribution in [1.82, 2.24) is 14.5 Å². The van der Waals surface area contributed by atoms with Crippen LogP contribution in [0.2, 0.25) is 10.6 Å². The number of pyridine rings is 2. The van der Waals surface area contributed by atoms with Crippen molar-refractivity contribution in [3.05, 3.63) is 150 Å². The maximum atomic E-state index is 6.77. The van der Waals surface area contributed by atoms with Crippen molar-refractivity contribution in [1.29, 1.82) is 0 Å². The van der Waals surface area contributed by atoms with Gasteiger partial charge in [-0.2, -0.15) is 24.3 Å². The minimum atomic E-state index is -0.672. The summed E-state index contributed by atoms with van der Waals surface area (Å²) in [6.07, 6.45) is 3.79. The maximum Gasteiger partial charge on any atom is 0.468 e. The number of hydrogen-bond donors (Lipinski definition) is 0. The number of nitrogens with zero attached hydrogens (tertiary/aromatic N) is 5. The molecule has 4 aromatic carbocycles. The van der Waals surface area contributed by atoms with Crippen LogP contribution in [0.1, 0.15) is 110 Å². The van der Waals surface area contributed by atoms with E-state index in [4.69, 9.17) is 28.4 Å². The zero-order valence-electron chi connectivity index (χ0n) is 40.3. The Hall–Kier alpha value is -4.70. The molecule has 342 valence electrons. The molecule has 7 aromatic rings. The molecule has 0 amide bonds. The van der Waals surface area contributed by atoms with Crippen molar-refractivity contribution < 1.29 is 39.5 Å². The molecule has 66 heavy (non-hydrogen) atoms. The van der Waals surface area contributed by atoms with Crippen LogP contribution in [-0.2, 0) is 58.1 Å². The van der Waals surface area contributed by atoms with Crippen molar-refractivity contribution in [3.8, 4) is 5.82 Å². The van der Waals surface area contributed by atoms with Crippen LogP contribution in [0.15, 0.2) is 103 Å². The summed E-state index contributed by atoms with van der Waals surface area (Å²) in [7, 11) is -1.63. The second-order valence-electron chi connectivity index (χ2n) is 21.0. The first-order valence-electron chi connectivity index (χ1n) is 22.9. The summed E-state index contributed by atoms with van der Waals surface area (Å²) in [6.45, 7) is 28.9. The van der Waals surface area contributed by atoms with Crippen molar-refractivity contribution in [2.24, 2.45) is 0 Å². The Morgan fingerprint density at radius 2 is 1.41 bits per heavy atom. The summed E-state index contributed by atoms with van der Waals surface area (Å²) >= 11 is 0. The fraction of sp³-hybridized carbons (Fsp3) is 0.340. The van der Waals surface area contributed by atoms with Crippen LogP contribution in [0.3, 0.4) is 0 Å². The largest absolute Gasteiger partial charge is 0.492 e. The molecule has 1 saturated heterocycles. The first-order chi connectivity index (χ1) is 30.9. The van der Waals surface area contributed by atoms with Crippen LogP contribution in [-0.4, -0.2) is 35.9 Å². The summed E-state index contributed by atoms with van der Waals surface area (Å²) in [5, 5.41) is 1.74. The van der Waals surface area contributed by atoms with Gasteiger partial charge in [0.15, 0.2) is 0 Å². The van der Waals surface area contributed by atoms with Gasteiger partial charge in [0.1, 0.15) is 5.82 Å². The Morgan fingerprint density at radius 1 is 0.727 bits per heavy atom. The number of para-hydroxylation sites is 4.